The monoisotopic (exact) mass is 493 g/mol. The van der Waals surface area contributed by atoms with E-state index in [0.29, 0.717) is 48.8 Å². The number of nitrogens with one attached hydrogen (secondary N) is 1. The van der Waals surface area contributed by atoms with E-state index in [9.17, 15) is 18.0 Å². The number of hydrogen-bond acceptors (Lipinski definition) is 6. The molecule has 184 valence electrons. The summed E-state index contributed by atoms with van der Waals surface area (Å²) in [5.74, 6) is 0.213. The maximum Gasteiger partial charge on any atom is 0.573 e. The van der Waals surface area contributed by atoms with Crippen molar-refractivity contribution in [3.05, 3.63) is 94.0 Å². The van der Waals surface area contributed by atoms with Crippen molar-refractivity contribution in [2.45, 2.75) is 25.9 Å². The largest absolute Gasteiger partial charge is 0.573 e. The van der Waals surface area contributed by atoms with Gasteiger partial charge >= 0.3 is 6.36 Å². The van der Waals surface area contributed by atoms with Crippen LogP contribution in [0.4, 0.5) is 18.9 Å². The Labute approximate surface area is 204 Å². The number of nitrogens with two attached hydrogens (primary N) is 1. The first-order valence-electron chi connectivity index (χ1n) is 11.3. The Bertz CT molecular complexity index is 1430. The highest BCUT2D eigenvalue weighted by Gasteiger charge is 2.32. The van der Waals surface area contributed by atoms with Gasteiger partial charge in [-0.05, 0) is 48.0 Å². The van der Waals surface area contributed by atoms with Gasteiger partial charge in [0.1, 0.15) is 11.6 Å². The third-order valence-corrected chi connectivity index (χ3v) is 5.95. The molecule has 0 radical (unpaired) electrons. The van der Waals surface area contributed by atoms with Crippen LogP contribution in [0.2, 0.25) is 0 Å². The molecule has 7 nitrogen and oxygen atoms in total. The number of aromatic amines is 1. The number of alkyl halides is 3. The molecule has 5 rings (SSSR count). The molecule has 0 saturated heterocycles. The van der Waals surface area contributed by atoms with Crippen molar-refractivity contribution >= 4 is 5.69 Å². The van der Waals surface area contributed by atoms with E-state index in [0.717, 1.165) is 16.8 Å². The lowest BCUT2D eigenvalue weighted by molar-refractivity contribution is -0.274. The molecule has 2 aromatic carbocycles. The molecule has 0 amide bonds. The molecule has 0 bridgehead atoms. The minimum atomic E-state index is -4.79. The smallest absolute Gasteiger partial charge is 0.405 e. The number of pyridine rings is 1. The quantitative estimate of drug-likeness (QED) is 0.397. The number of nitrogens with zero attached hydrogens (tertiary/aromatic N) is 3. The number of para-hydroxylation sites is 1. The van der Waals surface area contributed by atoms with Crippen LogP contribution in [0.1, 0.15) is 16.8 Å². The predicted octanol–water partition coefficient (Wildman–Crippen LogP) is 4.54. The van der Waals surface area contributed by atoms with Crippen molar-refractivity contribution < 1.29 is 17.9 Å². The number of H-pyrrole nitrogens is 1. The van der Waals surface area contributed by atoms with Crippen LogP contribution in [0, 0.1) is 0 Å². The Morgan fingerprint density at radius 1 is 1.06 bits per heavy atom. The van der Waals surface area contributed by atoms with Gasteiger partial charge in [-0.1, -0.05) is 18.2 Å². The Kier molecular flexibility index (Phi) is 6.19. The normalized spacial score (nSPS) is 13.9. The summed E-state index contributed by atoms with van der Waals surface area (Å²) in [4.78, 5) is 26.8. The van der Waals surface area contributed by atoms with Gasteiger partial charge in [-0.2, -0.15) is 0 Å². The van der Waals surface area contributed by atoms with Crippen LogP contribution in [0.3, 0.4) is 0 Å². The zero-order chi connectivity index (χ0) is 25.3. The topological polar surface area (TPSA) is 97.1 Å². The van der Waals surface area contributed by atoms with Crippen LogP contribution >= 0.6 is 0 Å². The highest BCUT2D eigenvalue weighted by Crippen LogP contribution is 2.32. The van der Waals surface area contributed by atoms with E-state index in [2.05, 4.69) is 24.6 Å². The van der Waals surface area contributed by atoms with Gasteiger partial charge in [-0.3, -0.25) is 14.7 Å². The molecule has 0 aliphatic carbocycles. The van der Waals surface area contributed by atoms with Crippen LogP contribution in [-0.2, 0) is 19.5 Å². The first-order valence-corrected chi connectivity index (χ1v) is 11.3. The molecule has 0 atom stereocenters. The number of benzene rings is 2. The molecule has 1 aliphatic heterocycles. The van der Waals surface area contributed by atoms with Crippen molar-refractivity contribution in [1.82, 2.24) is 19.9 Å². The average Bonchev–Trinajstić information content (AvgIpc) is 2.85. The second kappa shape index (κ2) is 9.46. The lowest BCUT2D eigenvalue weighted by atomic mass is 10.1. The molecule has 10 heteroatoms. The maximum absolute atomic E-state index is 12.8. The van der Waals surface area contributed by atoms with Gasteiger partial charge in [0, 0.05) is 49.1 Å². The van der Waals surface area contributed by atoms with Crippen LogP contribution in [0.15, 0.2) is 71.7 Å². The number of aromatic nitrogens is 3. The minimum Gasteiger partial charge on any atom is -0.405 e. The number of hydrogen-bond donors (Lipinski definition) is 2. The van der Waals surface area contributed by atoms with E-state index in [4.69, 9.17) is 5.73 Å². The van der Waals surface area contributed by atoms with Gasteiger partial charge < -0.3 is 15.5 Å². The van der Waals surface area contributed by atoms with E-state index >= 15 is 0 Å². The van der Waals surface area contributed by atoms with Crippen molar-refractivity contribution in [1.29, 1.82) is 0 Å². The summed E-state index contributed by atoms with van der Waals surface area (Å²) in [5.41, 5.74) is 9.90. The van der Waals surface area contributed by atoms with Crippen LogP contribution in [-0.4, -0.2) is 32.8 Å². The van der Waals surface area contributed by atoms with Gasteiger partial charge in [0.2, 0.25) is 0 Å². The van der Waals surface area contributed by atoms with E-state index in [1.807, 2.05) is 18.2 Å². The zero-order valence-corrected chi connectivity index (χ0v) is 19.0. The molecule has 36 heavy (non-hydrogen) atoms. The van der Waals surface area contributed by atoms with Gasteiger partial charge in [0.15, 0.2) is 0 Å². The summed E-state index contributed by atoms with van der Waals surface area (Å²) in [6.07, 6.45) is -2.54. The summed E-state index contributed by atoms with van der Waals surface area (Å²) >= 11 is 0. The van der Waals surface area contributed by atoms with Crippen LogP contribution in [0.25, 0.3) is 22.6 Å². The highest BCUT2D eigenvalue weighted by atomic mass is 19.4. The molecule has 4 aromatic rings. The third kappa shape index (κ3) is 5.23. The van der Waals surface area contributed by atoms with Gasteiger partial charge in [0.05, 0.1) is 17.0 Å². The van der Waals surface area contributed by atoms with Gasteiger partial charge in [0.25, 0.3) is 5.56 Å². The molecular formula is C26H22F3N5O2. The van der Waals surface area contributed by atoms with E-state index in [1.54, 1.807) is 30.5 Å². The van der Waals surface area contributed by atoms with E-state index < -0.39 is 6.36 Å². The molecule has 0 spiro atoms. The Hall–Kier alpha value is -4.18. The number of nitrogen functional groups attached to an aromatic ring is 1. The first-order chi connectivity index (χ1) is 17.2. The van der Waals surface area contributed by atoms with Crippen LogP contribution < -0.4 is 16.0 Å². The predicted molar refractivity (Wildman–Crippen MR) is 129 cm³/mol. The molecule has 0 saturated carbocycles. The number of ether oxygens (including phenoxy) is 1. The SMILES string of the molecule is Nc1ccc(-c2nc3c(c(=O)[nH]2)CN(Cc2ccc(-c4ccccc4OC(F)(F)F)nc2)CC3)cc1. The number of fused-ring (bicyclic) bond motifs is 1. The second-order valence-corrected chi connectivity index (χ2v) is 8.52. The fraction of sp³-hybridized carbons (Fsp3) is 0.192. The molecule has 0 unspecified atom stereocenters. The standard InChI is InChI=1S/C26H22F3N5O2/c27-26(28,29)36-23-4-2-1-3-19(23)21-10-5-16(13-31-21)14-34-12-11-22-20(15-34)25(35)33-24(32-22)17-6-8-18(30)9-7-17/h1-10,13H,11-12,14-15,30H2,(H,32,33,35). The summed E-state index contributed by atoms with van der Waals surface area (Å²) in [5, 5.41) is 0. The second-order valence-electron chi connectivity index (χ2n) is 8.52. The Balaban J connectivity index is 1.30. The minimum absolute atomic E-state index is 0.175. The summed E-state index contributed by atoms with van der Waals surface area (Å²) < 4.78 is 42.3. The number of anilines is 1. The molecule has 3 N–H and O–H groups in total. The molecule has 0 fully saturated rings. The van der Waals surface area contributed by atoms with Gasteiger partial charge in [-0.25, -0.2) is 4.98 Å². The van der Waals surface area contributed by atoms with Crippen molar-refractivity contribution in [3.63, 3.8) is 0 Å². The highest BCUT2D eigenvalue weighted by molar-refractivity contribution is 5.67. The molecule has 2 aromatic heterocycles. The van der Waals surface area contributed by atoms with Crippen molar-refractivity contribution in [2.75, 3.05) is 12.3 Å². The Morgan fingerprint density at radius 3 is 2.56 bits per heavy atom. The summed E-state index contributed by atoms with van der Waals surface area (Å²) in [7, 11) is 0. The van der Waals surface area contributed by atoms with Crippen molar-refractivity contribution in [3.8, 4) is 28.4 Å². The lowest BCUT2D eigenvalue weighted by Gasteiger charge is -2.27. The maximum atomic E-state index is 12.8. The summed E-state index contributed by atoms with van der Waals surface area (Å²) in [6, 6.07) is 16.5. The van der Waals surface area contributed by atoms with Gasteiger partial charge in [-0.15, -0.1) is 13.2 Å². The first kappa shape index (κ1) is 23.6. The summed E-state index contributed by atoms with van der Waals surface area (Å²) in [6.45, 7) is 1.67. The van der Waals surface area contributed by atoms with Crippen LogP contribution in [0.5, 0.6) is 5.75 Å². The fourth-order valence-electron chi connectivity index (χ4n) is 4.22. The molecule has 3 heterocycles. The molecular weight excluding hydrogens is 471 g/mol. The lowest BCUT2D eigenvalue weighted by Crippen LogP contribution is -2.35. The third-order valence-electron chi connectivity index (χ3n) is 5.95. The van der Waals surface area contributed by atoms with E-state index in [1.165, 1.54) is 18.2 Å². The van der Waals surface area contributed by atoms with Crippen molar-refractivity contribution in [2.24, 2.45) is 0 Å². The average molecular weight is 493 g/mol. The fourth-order valence-corrected chi connectivity index (χ4v) is 4.22. The Morgan fingerprint density at radius 2 is 1.83 bits per heavy atom. The number of halogens is 3. The van der Waals surface area contributed by atoms with E-state index in [-0.39, 0.29) is 16.9 Å². The zero-order valence-electron chi connectivity index (χ0n) is 19.0. The number of rotatable bonds is 5. The molecule has 1 aliphatic rings.